The fraction of sp³-hybridized carbons (Fsp3) is 0.167. The average Bonchev–Trinajstić information content (AvgIpc) is 1.90. The lowest BCUT2D eigenvalue weighted by Crippen LogP contribution is -2.18. The SMILES string of the molecule is N#CC1=CC=C(O)NC1. The monoisotopic (exact) mass is 122 g/mol. The summed E-state index contributed by atoms with van der Waals surface area (Å²) in [6.07, 6.45) is 3.05. The molecule has 1 aliphatic heterocycles. The Hall–Kier alpha value is -1.43. The van der Waals surface area contributed by atoms with Crippen molar-refractivity contribution >= 4 is 0 Å². The highest BCUT2D eigenvalue weighted by molar-refractivity contribution is 5.30. The summed E-state index contributed by atoms with van der Waals surface area (Å²) in [5, 5.41) is 19.6. The van der Waals surface area contributed by atoms with Crippen LogP contribution in [0.2, 0.25) is 0 Å². The third-order valence-electron chi connectivity index (χ3n) is 1.05. The largest absolute Gasteiger partial charge is 0.495 e. The van der Waals surface area contributed by atoms with Gasteiger partial charge in [0.2, 0.25) is 0 Å². The molecule has 3 nitrogen and oxygen atoms in total. The first kappa shape index (κ1) is 5.70. The zero-order chi connectivity index (χ0) is 6.69. The van der Waals surface area contributed by atoms with Gasteiger partial charge in [-0.25, -0.2) is 0 Å². The van der Waals surface area contributed by atoms with Crippen molar-refractivity contribution < 1.29 is 5.11 Å². The van der Waals surface area contributed by atoms with Gasteiger partial charge in [0.25, 0.3) is 0 Å². The maximum atomic E-state index is 8.72. The van der Waals surface area contributed by atoms with E-state index < -0.39 is 0 Å². The molecule has 0 aliphatic carbocycles. The molecule has 0 aromatic rings. The number of rotatable bonds is 0. The van der Waals surface area contributed by atoms with Gasteiger partial charge in [-0.05, 0) is 12.2 Å². The summed E-state index contributed by atoms with van der Waals surface area (Å²) in [7, 11) is 0. The van der Waals surface area contributed by atoms with E-state index in [1.54, 1.807) is 6.08 Å². The van der Waals surface area contributed by atoms with Crippen LogP contribution < -0.4 is 5.32 Å². The summed E-state index contributed by atoms with van der Waals surface area (Å²) in [4.78, 5) is 0. The van der Waals surface area contributed by atoms with E-state index in [0.717, 1.165) is 0 Å². The second-order valence-corrected chi connectivity index (χ2v) is 1.71. The Morgan fingerprint density at radius 3 is 2.89 bits per heavy atom. The number of nitriles is 1. The molecule has 0 atom stereocenters. The fourth-order valence-corrected chi connectivity index (χ4v) is 0.560. The molecule has 0 saturated carbocycles. The van der Waals surface area contributed by atoms with Gasteiger partial charge in [0, 0.05) is 5.57 Å². The highest BCUT2D eigenvalue weighted by Gasteiger charge is 2.00. The minimum absolute atomic E-state index is 0.119. The Balaban J connectivity index is 2.73. The first-order chi connectivity index (χ1) is 4.33. The molecular formula is C6H6N2O. The average molecular weight is 122 g/mol. The molecule has 9 heavy (non-hydrogen) atoms. The first-order valence-electron chi connectivity index (χ1n) is 2.57. The number of aliphatic hydroxyl groups excluding tert-OH is 1. The van der Waals surface area contributed by atoms with Crippen LogP contribution in [-0.2, 0) is 0 Å². The van der Waals surface area contributed by atoms with Crippen molar-refractivity contribution in [3.63, 3.8) is 0 Å². The second kappa shape index (κ2) is 2.23. The molecule has 0 aromatic carbocycles. The van der Waals surface area contributed by atoms with Crippen molar-refractivity contribution in [3.05, 3.63) is 23.6 Å². The molecule has 0 saturated heterocycles. The predicted octanol–water partition coefficient (Wildman–Crippen LogP) is 0.439. The normalized spacial score (nSPS) is 16.8. The van der Waals surface area contributed by atoms with Crippen LogP contribution in [0.3, 0.4) is 0 Å². The molecule has 0 amide bonds. The lowest BCUT2D eigenvalue weighted by atomic mass is 10.2. The van der Waals surface area contributed by atoms with E-state index >= 15 is 0 Å². The van der Waals surface area contributed by atoms with Crippen molar-refractivity contribution in [2.75, 3.05) is 6.54 Å². The molecule has 0 fully saturated rings. The van der Waals surface area contributed by atoms with Gasteiger partial charge < -0.3 is 10.4 Å². The molecule has 46 valence electrons. The maximum absolute atomic E-state index is 8.72. The predicted molar refractivity (Wildman–Crippen MR) is 32.4 cm³/mol. The lowest BCUT2D eigenvalue weighted by Gasteiger charge is -2.06. The third-order valence-corrected chi connectivity index (χ3v) is 1.05. The molecule has 1 aliphatic rings. The second-order valence-electron chi connectivity index (χ2n) is 1.71. The van der Waals surface area contributed by atoms with Gasteiger partial charge in [-0.15, -0.1) is 0 Å². The van der Waals surface area contributed by atoms with Crippen LogP contribution in [0.15, 0.2) is 23.6 Å². The highest BCUT2D eigenvalue weighted by atomic mass is 16.3. The van der Waals surface area contributed by atoms with Crippen LogP contribution >= 0.6 is 0 Å². The van der Waals surface area contributed by atoms with E-state index in [4.69, 9.17) is 10.4 Å². The van der Waals surface area contributed by atoms with Crippen LogP contribution in [0.5, 0.6) is 0 Å². The van der Waals surface area contributed by atoms with E-state index in [1.165, 1.54) is 6.08 Å². The van der Waals surface area contributed by atoms with Crippen LogP contribution in [0.4, 0.5) is 0 Å². The summed E-state index contributed by atoms with van der Waals surface area (Å²) < 4.78 is 0. The number of nitrogens with one attached hydrogen (secondary N) is 1. The first-order valence-corrected chi connectivity index (χ1v) is 2.57. The topological polar surface area (TPSA) is 56.0 Å². The molecule has 1 heterocycles. The Morgan fingerprint density at radius 2 is 2.44 bits per heavy atom. The standard InChI is InChI=1S/C6H6N2O/c7-3-5-1-2-6(9)8-4-5/h1-2,8-9H,4H2. The van der Waals surface area contributed by atoms with Gasteiger partial charge in [0.15, 0.2) is 5.88 Å². The molecule has 0 unspecified atom stereocenters. The molecule has 0 bridgehead atoms. The molecule has 0 spiro atoms. The van der Waals surface area contributed by atoms with Crippen molar-refractivity contribution in [1.82, 2.24) is 5.32 Å². The number of nitrogens with zero attached hydrogens (tertiary/aromatic N) is 1. The molecule has 0 aromatic heterocycles. The van der Waals surface area contributed by atoms with Gasteiger partial charge in [-0.2, -0.15) is 5.26 Å². The summed E-state index contributed by atoms with van der Waals surface area (Å²) in [6, 6.07) is 1.97. The minimum Gasteiger partial charge on any atom is -0.495 e. The maximum Gasteiger partial charge on any atom is 0.184 e. The number of allylic oxidation sites excluding steroid dienone is 2. The van der Waals surface area contributed by atoms with Crippen molar-refractivity contribution in [2.24, 2.45) is 0 Å². The molecule has 0 radical (unpaired) electrons. The van der Waals surface area contributed by atoms with Crippen LogP contribution in [0, 0.1) is 11.3 Å². The number of hydrogen-bond acceptors (Lipinski definition) is 3. The van der Waals surface area contributed by atoms with E-state index in [9.17, 15) is 0 Å². The van der Waals surface area contributed by atoms with Gasteiger partial charge in [-0.3, -0.25) is 0 Å². The van der Waals surface area contributed by atoms with E-state index in [0.29, 0.717) is 12.1 Å². The van der Waals surface area contributed by atoms with Crippen molar-refractivity contribution in [3.8, 4) is 6.07 Å². The smallest absolute Gasteiger partial charge is 0.184 e. The fourth-order valence-electron chi connectivity index (χ4n) is 0.560. The Morgan fingerprint density at radius 1 is 1.67 bits per heavy atom. The Kier molecular flexibility index (Phi) is 1.41. The van der Waals surface area contributed by atoms with Crippen LogP contribution in [0.1, 0.15) is 0 Å². The molecular weight excluding hydrogens is 116 g/mol. The lowest BCUT2D eigenvalue weighted by molar-refractivity contribution is 0.367. The van der Waals surface area contributed by atoms with Gasteiger partial charge >= 0.3 is 0 Å². The quantitative estimate of drug-likeness (QED) is 0.490. The van der Waals surface area contributed by atoms with Gasteiger partial charge in [0.1, 0.15) is 0 Å². The van der Waals surface area contributed by atoms with E-state index in [2.05, 4.69) is 5.32 Å². The van der Waals surface area contributed by atoms with Crippen LogP contribution in [0.25, 0.3) is 0 Å². The molecule has 1 rings (SSSR count). The number of aliphatic hydroxyl groups is 1. The third kappa shape index (κ3) is 1.23. The summed E-state index contributed by atoms with van der Waals surface area (Å²) >= 11 is 0. The zero-order valence-corrected chi connectivity index (χ0v) is 4.76. The number of dihydropyridines is 1. The van der Waals surface area contributed by atoms with Crippen molar-refractivity contribution in [2.45, 2.75) is 0 Å². The molecule has 3 heteroatoms. The van der Waals surface area contributed by atoms with Gasteiger partial charge in [-0.1, -0.05) is 0 Å². The summed E-state index contributed by atoms with van der Waals surface area (Å²) in [5.41, 5.74) is 0.632. The number of hydrogen-bond donors (Lipinski definition) is 2. The minimum atomic E-state index is 0.119. The van der Waals surface area contributed by atoms with Crippen molar-refractivity contribution in [1.29, 1.82) is 5.26 Å². The zero-order valence-electron chi connectivity index (χ0n) is 4.76. The van der Waals surface area contributed by atoms with Crippen LogP contribution in [-0.4, -0.2) is 11.7 Å². The van der Waals surface area contributed by atoms with E-state index in [-0.39, 0.29) is 5.88 Å². The van der Waals surface area contributed by atoms with E-state index in [1.807, 2.05) is 6.07 Å². The summed E-state index contributed by atoms with van der Waals surface area (Å²) in [6.45, 7) is 0.429. The van der Waals surface area contributed by atoms with Gasteiger partial charge in [0.05, 0.1) is 12.6 Å². The Bertz CT molecular complexity index is 210. The molecule has 2 N–H and O–H groups in total. The highest BCUT2D eigenvalue weighted by Crippen LogP contribution is 1.98. The Labute approximate surface area is 52.9 Å². The summed E-state index contributed by atoms with van der Waals surface area (Å²) in [5.74, 6) is 0.119.